The van der Waals surface area contributed by atoms with Gasteiger partial charge in [0.1, 0.15) is 5.60 Å². The molecule has 0 radical (unpaired) electrons. The second-order valence-corrected chi connectivity index (χ2v) is 12.7. The lowest BCUT2D eigenvalue weighted by atomic mass is 9.79. The van der Waals surface area contributed by atoms with Gasteiger partial charge in [0, 0.05) is 25.0 Å². The number of nitrogens with zero attached hydrogens (tertiary/aromatic N) is 1. The Morgan fingerprint density at radius 2 is 1.73 bits per heavy atom. The molecule has 222 valence electrons. The van der Waals surface area contributed by atoms with Crippen molar-refractivity contribution in [3.8, 4) is 5.75 Å². The third-order valence-corrected chi connectivity index (χ3v) is 10.1. The van der Waals surface area contributed by atoms with E-state index in [1.54, 1.807) is 6.07 Å². The minimum atomic E-state index is -4.37. The molecule has 0 bridgehead atoms. The zero-order valence-corrected chi connectivity index (χ0v) is 24.0. The number of hydrogen-bond acceptors (Lipinski definition) is 4. The normalized spacial score (nSPS) is 22.9. The van der Waals surface area contributed by atoms with Gasteiger partial charge >= 0.3 is 12.1 Å². The van der Waals surface area contributed by atoms with Gasteiger partial charge in [-0.15, -0.1) is 0 Å². The molecule has 2 aliphatic heterocycles. The number of fused-ring (bicyclic) bond motifs is 1. The van der Waals surface area contributed by atoms with Gasteiger partial charge in [0.2, 0.25) is 0 Å². The number of halogens is 4. The topological polar surface area (TPSA) is 38.8 Å². The van der Waals surface area contributed by atoms with Crippen LogP contribution in [0.2, 0.25) is 0 Å². The summed E-state index contributed by atoms with van der Waals surface area (Å²) in [4.78, 5) is 14.6. The van der Waals surface area contributed by atoms with E-state index in [-0.39, 0.29) is 29.7 Å². The molecule has 2 saturated carbocycles. The molecule has 2 aromatic carbocycles. The monoisotopic (exact) mass is 573 g/mol. The van der Waals surface area contributed by atoms with Crippen LogP contribution in [0.4, 0.5) is 17.6 Å². The average molecular weight is 574 g/mol. The Balaban J connectivity index is 1.20. The number of ether oxygens (including phenoxy) is 2. The van der Waals surface area contributed by atoms with Crippen LogP contribution >= 0.6 is 0 Å². The van der Waals surface area contributed by atoms with Crippen molar-refractivity contribution in [2.75, 3.05) is 20.2 Å². The third-order valence-electron chi connectivity index (χ3n) is 10.1. The first-order valence-corrected chi connectivity index (χ1v) is 15.0. The van der Waals surface area contributed by atoms with Crippen molar-refractivity contribution in [1.82, 2.24) is 4.90 Å². The van der Waals surface area contributed by atoms with E-state index in [1.165, 1.54) is 19.2 Å². The molecular weight excluding hydrogens is 534 g/mol. The van der Waals surface area contributed by atoms with E-state index in [2.05, 4.69) is 4.90 Å². The number of methoxy groups -OCH3 is 1. The molecule has 41 heavy (non-hydrogen) atoms. The number of esters is 1. The molecular formula is C33H39F4NO3. The maximum Gasteiger partial charge on any atom is 0.416 e. The number of rotatable bonds is 7. The molecule has 4 aliphatic rings. The van der Waals surface area contributed by atoms with E-state index in [9.17, 15) is 18.0 Å². The van der Waals surface area contributed by atoms with Crippen molar-refractivity contribution < 1.29 is 31.8 Å². The summed E-state index contributed by atoms with van der Waals surface area (Å²) >= 11 is 0. The van der Waals surface area contributed by atoms with Crippen LogP contribution in [0.1, 0.15) is 104 Å². The number of aryl methyl sites for hydroxylation is 1. The number of piperidine rings is 1. The van der Waals surface area contributed by atoms with Crippen molar-refractivity contribution in [3.63, 3.8) is 0 Å². The minimum absolute atomic E-state index is 0.149. The summed E-state index contributed by atoms with van der Waals surface area (Å²) in [6.45, 7) is 5.15. The predicted molar refractivity (Wildman–Crippen MR) is 147 cm³/mol. The van der Waals surface area contributed by atoms with Gasteiger partial charge in [-0.1, -0.05) is 25.1 Å². The lowest BCUT2D eigenvalue weighted by Crippen LogP contribution is -2.50. The Labute approximate surface area is 239 Å². The first kappa shape index (κ1) is 28.5. The van der Waals surface area contributed by atoms with Gasteiger partial charge in [-0.05, 0) is 105 Å². The van der Waals surface area contributed by atoms with Gasteiger partial charge < -0.3 is 9.47 Å². The molecule has 1 spiro atoms. The number of carbonyl (C=O) groups is 1. The van der Waals surface area contributed by atoms with Gasteiger partial charge in [-0.25, -0.2) is 4.39 Å². The SMILES string of the molecule is COC(=O)[C@@H](C)[C@H](c1ccc2c(c1F)OC1(CC2)CCN(C(C)c2cc(C(F)(F)F)ccc2C2CC2)CC1)C1CC1. The second-order valence-electron chi connectivity index (χ2n) is 12.7. The minimum Gasteiger partial charge on any atom is -0.484 e. The van der Waals surface area contributed by atoms with Gasteiger partial charge in [0.15, 0.2) is 11.6 Å². The van der Waals surface area contributed by atoms with Crippen molar-refractivity contribution in [2.24, 2.45) is 11.8 Å². The number of alkyl halides is 3. The van der Waals surface area contributed by atoms with E-state index in [4.69, 9.17) is 9.47 Å². The van der Waals surface area contributed by atoms with Crippen LogP contribution in [-0.4, -0.2) is 36.7 Å². The van der Waals surface area contributed by atoms with E-state index < -0.39 is 23.3 Å². The molecule has 1 unspecified atom stereocenters. The first-order chi connectivity index (χ1) is 19.5. The van der Waals surface area contributed by atoms with Crippen molar-refractivity contribution in [2.45, 2.75) is 94.9 Å². The Bertz CT molecular complexity index is 1310. The highest BCUT2D eigenvalue weighted by Gasteiger charge is 2.45. The van der Waals surface area contributed by atoms with E-state index in [1.807, 2.05) is 26.0 Å². The number of likely N-dealkylation sites (tertiary alicyclic amines) is 1. The summed E-state index contributed by atoms with van der Waals surface area (Å²) in [6.07, 6.45) is 2.47. The lowest BCUT2D eigenvalue weighted by Gasteiger charge is -2.46. The summed E-state index contributed by atoms with van der Waals surface area (Å²) in [7, 11) is 1.37. The zero-order chi connectivity index (χ0) is 29.1. The average Bonchev–Trinajstić information content (AvgIpc) is 3.88. The molecule has 3 atom stereocenters. The molecule has 2 aromatic rings. The standard InChI is InChI=1S/C33H39F4NO3/c1-19(31(39)40-3)28(22-6-7-22)26-10-8-23-12-13-32(41-30(23)29(26)34)14-16-38(17-15-32)20(2)27-18-24(33(35,36)37)9-11-25(27)21-4-5-21/h8-11,18-22,28H,4-7,12-17H2,1-3H3/t19-,20?,28-/m0/s1. The maximum absolute atomic E-state index is 16.2. The smallest absolute Gasteiger partial charge is 0.416 e. The van der Waals surface area contributed by atoms with Gasteiger partial charge in [-0.2, -0.15) is 13.2 Å². The van der Waals surface area contributed by atoms with E-state index >= 15 is 4.39 Å². The van der Waals surface area contributed by atoms with Crippen LogP contribution in [0.3, 0.4) is 0 Å². The molecule has 0 N–H and O–H groups in total. The number of benzene rings is 2. The lowest BCUT2D eigenvalue weighted by molar-refractivity contribution is -0.145. The number of hydrogen-bond donors (Lipinski definition) is 0. The molecule has 4 nitrogen and oxygen atoms in total. The van der Waals surface area contributed by atoms with E-state index in [0.29, 0.717) is 49.6 Å². The van der Waals surface area contributed by atoms with Crippen LogP contribution in [0, 0.1) is 17.7 Å². The fourth-order valence-electron chi connectivity index (χ4n) is 7.27. The largest absolute Gasteiger partial charge is 0.484 e. The number of carbonyl (C=O) groups excluding carboxylic acids is 1. The predicted octanol–water partition coefficient (Wildman–Crippen LogP) is 7.95. The van der Waals surface area contributed by atoms with Gasteiger partial charge in [0.05, 0.1) is 18.6 Å². The summed E-state index contributed by atoms with van der Waals surface area (Å²) in [6, 6.07) is 7.86. The van der Waals surface area contributed by atoms with Crippen LogP contribution < -0.4 is 4.74 Å². The fraction of sp³-hybridized carbons (Fsp3) is 0.606. The Morgan fingerprint density at radius 1 is 1.02 bits per heavy atom. The highest BCUT2D eigenvalue weighted by molar-refractivity contribution is 5.73. The van der Waals surface area contributed by atoms with Crippen LogP contribution in [0.15, 0.2) is 30.3 Å². The third kappa shape index (κ3) is 5.49. The summed E-state index contributed by atoms with van der Waals surface area (Å²) in [5.74, 6) is -0.458. The summed E-state index contributed by atoms with van der Waals surface area (Å²) < 4.78 is 68.4. The van der Waals surface area contributed by atoms with E-state index in [0.717, 1.165) is 48.8 Å². The van der Waals surface area contributed by atoms with Crippen LogP contribution in [-0.2, 0) is 22.1 Å². The molecule has 0 amide bonds. The summed E-state index contributed by atoms with van der Waals surface area (Å²) in [5.41, 5.74) is 2.10. The summed E-state index contributed by atoms with van der Waals surface area (Å²) in [5, 5.41) is 0. The molecule has 6 rings (SSSR count). The van der Waals surface area contributed by atoms with Gasteiger partial charge in [-0.3, -0.25) is 9.69 Å². The van der Waals surface area contributed by atoms with Crippen molar-refractivity contribution in [1.29, 1.82) is 0 Å². The van der Waals surface area contributed by atoms with Crippen molar-refractivity contribution >= 4 is 5.97 Å². The first-order valence-electron chi connectivity index (χ1n) is 15.0. The van der Waals surface area contributed by atoms with Crippen molar-refractivity contribution in [3.05, 3.63) is 64.0 Å². The Morgan fingerprint density at radius 3 is 2.34 bits per heavy atom. The quantitative estimate of drug-likeness (QED) is 0.249. The molecule has 1 saturated heterocycles. The van der Waals surface area contributed by atoms with Gasteiger partial charge in [0.25, 0.3) is 0 Å². The molecule has 8 heteroatoms. The Kier molecular flexibility index (Phi) is 7.36. The highest BCUT2D eigenvalue weighted by Crippen LogP contribution is 2.51. The van der Waals surface area contributed by atoms with Crippen LogP contribution in [0.5, 0.6) is 5.75 Å². The second kappa shape index (κ2) is 10.6. The molecule has 2 aliphatic carbocycles. The molecule has 2 heterocycles. The Hall–Kier alpha value is -2.61. The van der Waals surface area contributed by atoms with Crippen LogP contribution in [0.25, 0.3) is 0 Å². The fourth-order valence-corrected chi connectivity index (χ4v) is 7.27. The maximum atomic E-state index is 16.2. The molecule has 0 aromatic heterocycles. The molecule has 3 fully saturated rings. The zero-order valence-electron chi connectivity index (χ0n) is 24.0. The highest BCUT2D eigenvalue weighted by atomic mass is 19.4.